The summed E-state index contributed by atoms with van der Waals surface area (Å²) in [6, 6.07) is 2.08. The van der Waals surface area contributed by atoms with E-state index in [1.165, 1.54) is 6.20 Å². The molecule has 0 unspecified atom stereocenters. The van der Waals surface area contributed by atoms with E-state index in [1.807, 2.05) is 0 Å². The Hall–Kier alpha value is -0.470. The monoisotopic (exact) mass is 416 g/mol. The van der Waals surface area contributed by atoms with Crippen LogP contribution in [0.15, 0.2) is 17.3 Å². The number of hydrogen-bond donors (Lipinski definition) is 2. The van der Waals surface area contributed by atoms with Gasteiger partial charge in [0.2, 0.25) is 5.88 Å². The van der Waals surface area contributed by atoms with Gasteiger partial charge in [-0.05, 0) is 18.9 Å². The van der Waals surface area contributed by atoms with E-state index in [9.17, 15) is 0 Å². The van der Waals surface area contributed by atoms with Gasteiger partial charge in [0.05, 0.1) is 11.6 Å². The van der Waals surface area contributed by atoms with Gasteiger partial charge in [0.25, 0.3) is 0 Å². The van der Waals surface area contributed by atoms with Crippen LogP contribution in [0.5, 0.6) is 5.88 Å². The molecule has 1 aliphatic rings. The van der Waals surface area contributed by atoms with E-state index in [2.05, 4.69) is 15.3 Å². The molecule has 3 N–H and O–H groups in total. The van der Waals surface area contributed by atoms with Crippen molar-refractivity contribution in [3.63, 3.8) is 0 Å². The molecule has 8 heteroatoms. The zero-order valence-corrected chi connectivity index (χ0v) is 13.9. The van der Waals surface area contributed by atoms with Gasteiger partial charge in [-0.1, -0.05) is 23.2 Å². The molecule has 0 bridgehead atoms. The maximum atomic E-state index is 5.90. The molecule has 1 fully saturated rings. The van der Waals surface area contributed by atoms with Crippen LogP contribution in [0.4, 0.5) is 0 Å². The van der Waals surface area contributed by atoms with E-state index in [-0.39, 0.29) is 24.0 Å². The molecule has 19 heavy (non-hydrogen) atoms. The second kappa shape index (κ2) is 7.96. The highest BCUT2D eigenvalue weighted by molar-refractivity contribution is 14.0. The third-order valence-electron chi connectivity index (χ3n) is 2.32. The predicted molar refractivity (Wildman–Crippen MR) is 87.8 cm³/mol. The Morgan fingerprint density at radius 3 is 2.89 bits per heavy atom. The van der Waals surface area contributed by atoms with Crippen LogP contribution >= 0.6 is 47.2 Å². The summed E-state index contributed by atoms with van der Waals surface area (Å²) in [5.41, 5.74) is 5.67. The van der Waals surface area contributed by atoms with Crippen molar-refractivity contribution in [1.82, 2.24) is 10.3 Å². The average Bonchev–Trinajstić information content (AvgIpc) is 3.10. The quantitative estimate of drug-likeness (QED) is 0.334. The molecule has 1 saturated carbocycles. The van der Waals surface area contributed by atoms with Gasteiger partial charge < -0.3 is 15.8 Å². The third kappa shape index (κ3) is 6.01. The van der Waals surface area contributed by atoms with Gasteiger partial charge >= 0.3 is 0 Å². The van der Waals surface area contributed by atoms with Gasteiger partial charge in [-0.2, -0.15) is 0 Å². The zero-order chi connectivity index (χ0) is 13.0. The fourth-order valence-electron chi connectivity index (χ4n) is 1.30. The summed E-state index contributed by atoms with van der Waals surface area (Å²) in [5.74, 6) is 0.807. The maximum absolute atomic E-state index is 5.90. The molecular weight excluding hydrogens is 402 g/mol. The lowest BCUT2D eigenvalue weighted by Gasteiger charge is -2.06. The molecule has 5 nitrogen and oxygen atoms in total. The van der Waals surface area contributed by atoms with Gasteiger partial charge in [0, 0.05) is 12.2 Å². The van der Waals surface area contributed by atoms with E-state index < -0.39 is 0 Å². The number of rotatable bonds is 5. The Morgan fingerprint density at radius 2 is 2.26 bits per heavy atom. The number of aliphatic imine (C=N–C) groups is 1. The van der Waals surface area contributed by atoms with E-state index in [0.717, 1.165) is 12.8 Å². The standard InChI is InChI=1S/C11H14Cl2N4O.HI/c12-7-5-9(13)10(16-6-7)18-4-3-15-11(14)17-8-1-2-8;/h5-6,8H,1-4H2,(H3,14,15,17);1H. The first-order valence-corrected chi connectivity index (χ1v) is 6.41. The number of aromatic nitrogens is 1. The number of nitrogens with zero attached hydrogens (tertiary/aromatic N) is 2. The summed E-state index contributed by atoms with van der Waals surface area (Å²) >= 11 is 11.6. The van der Waals surface area contributed by atoms with Crippen molar-refractivity contribution in [2.24, 2.45) is 10.7 Å². The van der Waals surface area contributed by atoms with Crippen LogP contribution in [0.3, 0.4) is 0 Å². The molecule has 1 heterocycles. The predicted octanol–water partition coefficient (Wildman–Crippen LogP) is 2.45. The van der Waals surface area contributed by atoms with Crippen LogP contribution in [-0.4, -0.2) is 30.1 Å². The minimum absolute atomic E-state index is 0. The Labute approximate surface area is 138 Å². The summed E-state index contributed by atoms with van der Waals surface area (Å²) in [5, 5.41) is 3.94. The van der Waals surface area contributed by atoms with Crippen molar-refractivity contribution in [1.29, 1.82) is 0 Å². The van der Waals surface area contributed by atoms with Gasteiger partial charge in [-0.3, -0.25) is 0 Å². The fraction of sp³-hybridized carbons (Fsp3) is 0.455. The Kier molecular flexibility index (Phi) is 6.95. The van der Waals surface area contributed by atoms with E-state index in [0.29, 0.717) is 41.1 Å². The number of nitrogens with two attached hydrogens (primary N) is 1. The van der Waals surface area contributed by atoms with Crippen molar-refractivity contribution >= 4 is 53.1 Å². The van der Waals surface area contributed by atoms with Crippen LogP contribution < -0.4 is 15.8 Å². The first-order chi connectivity index (χ1) is 8.65. The van der Waals surface area contributed by atoms with Crippen molar-refractivity contribution < 1.29 is 4.74 Å². The van der Waals surface area contributed by atoms with Crippen LogP contribution in [0.25, 0.3) is 0 Å². The summed E-state index contributed by atoms with van der Waals surface area (Å²) in [7, 11) is 0. The smallest absolute Gasteiger partial charge is 0.232 e. The lowest BCUT2D eigenvalue weighted by molar-refractivity contribution is 0.316. The molecule has 106 valence electrons. The zero-order valence-electron chi connectivity index (χ0n) is 10.1. The number of pyridine rings is 1. The topological polar surface area (TPSA) is 72.5 Å². The number of ether oxygens (including phenoxy) is 1. The molecule has 0 radical (unpaired) electrons. The fourth-order valence-corrected chi connectivity index (χ4v) is 1.73. The molecular formula is C11H15Cl2IN4O. The largest absolute Gasteiger partial charge is 0.475 e. The molecule has 0 spiro atoms. The summed E-state index contributed by atoms with van der Waals surface area (Å²) < 4.78 is 5.37. The normalized spacial score (nSPS) is 14.7. The molecule has 0 aliphatic heterocycles. The Bertz CT molecular complexity index is 454. The highest BCUT2D eigenvalue weighted by Gasteiger charge is 2.21. The lowest BCUT2D eigenvalue weighted by atomic mass is 10.5. The summed E-state index contributed by atoms with van der Waals surface area (Å²) in [4.78, 5) is 8.10. The highest BCUT2D eigenvalue weighted by Crippen LogP contribution is 2.24. The molecule has 0 atom stereocenters. The van der Waals surface area contributed by atoms with Crippen LogP contribution in [-0.2, 0) is 0 Å². The molecule has 0 aromatic carbocycles. The Morgan fingerprint density at radius 1 is 1.53 bits per heavy atom. The molecule has 2 rings (SSSR count). The first-order valence-electron chi connectivity index (χ1n) is 5.65. The number of hydrogen-bond acceptors (Lipinski definition) is 3. The van der Waals surface area contributed by atoms with Gasteiger partial charge in [-0.15, -0.1) is 24.0 Å². The van der Waals surface area contributed by atoms with Gasteiger partial charge in [0.15, 0.2) is 5.96 Å². The average molecular weight is 417 g/mol. The molecule has 1 aromatic heterocycles. The maximum Gasteiger partial charge on any atom is 0.232 e. The lowest BCUT2D eigenvalue weighted by Crippen LogP contribution is -2.33. The van der Waals surface area contributed by atoms with Crippen molar-refractivity contribution in [2.75, 3.05) is 13.2 Å². The molecule has 1 aromatic rings. The molecule has 0 amide bonds. The summed E-state index contributed by atoms with van der Waals surface area (Å²) in [6.07, 6.45) is 3.81. The third-order valence-corrected chi connectivity index (χ3v) is 2.79. The van der Waals surface area contributed by atoms with Crippen LogP contribution in [0.1, 0.15) is 12.8 Å². The van der Waals surface area contributed by atoms with Gasteiger partial charge in [0.1, 0.15) is 11.6 Å². The van der Waals surface area contributed by atoms with Crippen molar-refractivity contribution in [3.05, 3.63) is 22.3 Å². The highest BCUT2D eigenvalue weighted by atomic mass is 127. The number of halogens is 3. The number of nitrogens with one attached hydrogen (secondary N) is 1. The Balaban J connectivity index is 0.00000180. The summed E-state index contributed by atoms with van der Waals surface area (Å²) in [6.45, 7) is 0.813. The second-order valence-corrected chi connectivity index (χ2v) is 4.82. The van der Waals surface area contributed by atoms with E-state index >= 15 is 0 Å². The molecule has 0 saturated heterocycles. The van der Waals surface area contributed by atoms with Gasteiger partial charge in [-0.25, -0.2) is 9.98 Å². The minimum Gasteiger partial charge on any atom is -0.475 e. The molecule has 1 aliphatic carbocycles. The first kappa shape index (κ1) is 16.6. The van der Waals surface area contributed by atoms with Crippen LogP contribution in [0, 0.1) is 0 Å². The van der Waals surface area contributed by atoms with E-state index in [1.54, 1.807) is 6.07 Å². The SMILES string of the molecule is I.NC(=NCCOc1ncc(Cl)cc1Cl)NC1CC1. The van der Waals surface area contributed by atoms with E-state index in [4.69, 9.17) is 33.7 Å². The second-order valence-electron chi connectivity index (χ2n) is 3.97. The van der Waals surface area contributed by atoms with Crippen LogP contribution in [0.2, 0.25) is 10.0 Å². The van der Waals surface area contributed by atoms with Crippen molar-refractivity contribution in [2.45, 2.75) is 18.9 Å². The number of guanidine groups is 1. The van der Waals surface area contributed by atoms with Crippen molar-refractivity contribution in [3.8, 4) is 5.88 Å². The minimum atomic E-state index is 0.